The molecule has 0 amide bonds. The monoisotopic (exact) mass is 328 g/mol. The summed E-state index contributed by atoms with van der Waals surface area (Å²) >= 11 is 0. The van der Waals surface area contributed by atoms with Gasteiger partial charge in [-0.15, -0.1) is 0 Å². The van der Waals surface area contributed by atoms with Crippen molar-refractivity contribution in [2.75, 3.05) is 6.61 Å². The molecular weight excluding hydrogens is 308 g/mol. The molecule has 24 heavy (non-hydrogen) atoms. The molecule has 0 radical (unpaired) electrons. The summed E-state index contributed by atoms with van der Waals surface area (Å²) in [6.07, 6.45) is 3.55. The van der Waals surface area contributed by atoms with Crippen LogP contribution in [0, 0.1) is 0 Å². The third kappa shape index (κ3) is 1.94. The Balaban J connectivity index is 2.15. The number of ether oxygens (including phenoxy) is 2. The molecule has 1 unspecified atom stereocenters. The highest BCUT2D eigenvalue weighted by Crippen LogP contribution is 2.53. The van der Waals surface area contributed by atoms with Crippen LogP contribution in [0.25, 0.3) is 17.0 Å². The fourth-order valence-electron chi connectivity index (χ4n) is 3.53. The van der Waals surface area contributed by atoms with Gasteiger partial charge in [0.1, 0.15) is 28.8 Å². The Morgan fingerprint density at radius 1 is 1.17 bits per heavy atom. The molecule has 0 saturated carbocycles. The third-order valence-electron chi connectivity index (χ3n) is 4.91. The maximum absolute atomic E-state index is 11.8. The highest BCUT2D eigenvalue weighted by molar-refractivity contribution is 5.95. The molecule has 0 spiro atoms. The molecule has 1 N–H and O–H groups in total. The Morgan fingerprint density at radius 3 is 2.62 bits per heavy atom. The van der Waals surface area contributed by atoms with E-state index in [4.69, 9.17) is 13.9 Å². The summed E-state index contributed by atoms with van der Waals surface area (Å²) in [6.45, 7) is 7.77. The average Bonchev–Trinajstić information content (AvgIpc) is 2.77. The van der Waals surface area contributed by atoms with Crippen molar-refractivity contribution >= 4 is 17.0 Å². The molecule has 2 aliphatic rings. The molecule has 0 aliphatic carbocycles. The number of aliphatic hydroxyl groups excluding tert-OH is 1. The molecule has 5 heteroatoms. The van der Waals surface area contributed by atoms with Crippen LogP contribution in [-0.4, -0.2) is 23.4 Å². The van der Waals surface area contributed by atoms with Crippen molar-refractivity contribution in [3.8, 4) is 11.5 Å². The molecule has 1 atom stereocenters. The zero-order valence-electron chi connectivity index (χ0n) is 14.2. The lowest BCUT2D eigenvalue weighted by Gasteiger charge is -2.30. The number of fused-ring (bicyclic) bond motifs is 6. The zero-order valence-corrected chi connectivity index (χ0v) is 14.2. The van der Waals surface area contributed by atoms with Crippen molar-refractivity contribution in [1.82, 2.24) is 0 Å². The molecule has 0 saturated heterocycles. The van der Waals surface area contributed by atoms with Crippen LogP contribution in [0.3, 0.4) is 0 Å². The van der Waals surface area contributed by atoms with E-state index in [9.17, 15) is 9.90 Å². The first kappa shape index (κ1) is 15.3. The molecule has 1 aromatic heterocycles. The maximum atomic E-state index is 11.8. The summed E-state index contributed by atoms with van der Waals surface area (Å²) in [4.78, 5) is 11.8. The van der Waals surface area contributed by atoms with Crippen molar-refractivity contribution < 1.29 is 19.0 Å². The van der Waals surface area contributed by atoms with Crippen LogP contribution < -0.4 is 15.1 Å². The van der Waals surface area contributed by atoms with Crippen LogP contribution in [0.5, 0.6) is 11.5 Å². The van der Waals surface area contributed by atoms with E-state index in [1.165, 1.54) is 6.07 Å². The minimum absolute atomic E-state index is 0.120. The second-order valence-electron chi connectivity index (χ2n) is 7.49. The Labute approximate surface area is 139 Å². The quantitative estimate of drug-likeness (QED) is 0.815. The van der Waals surface area contributed by atoms with Gasteiger partial charge in [-0.3, -0.25) is 0 Å². The van der Waals surface area contributed by atoms with Crippen LogP contribution in [0.15, 0.2) is 27.4 Å². The number of benzene rings is 1. The van der Waals surface area contributed by atoms with E-state index >= 15 is 0 Å². The van der Waals surface area contributed by atoms with Crippen LogP contribution in [0.4, 0.5) is 0 Å². The van der Waals surface area contributed by atoms with Crippen molar-refractivity contribution in [1.29, 1.82) is 0 Å². The lowest BCUT2D eigenvalue weighted by atomic mass is 9.79. The lowest BCUT2D eigenvalue weighted by Crippen LogP contribution is -2.35. The van der Waals surface area contributed by atoms with Crippen molar-refractivity contribution in [3.05, 3.63) is 39.8 Å². The Kier molecular flexibility index (Phi) is 2.95. The SMILES string of the molecule is CC1(C)C=Cc2c3c(c4oc(=O)ccc4c2O1)C(C)(C)C(CO)O3. The van der Waals surface area contributed by atoms with E-state index in [1.54, 1.807) is 6.07 Å². The highest BCUT2D eigenvalue weighted by atomic mass is 16.5. The Hall–Kier alpha value is -2.27. The van der Waals surface area contributed by atoms with E-state index in [0.29, 0.717) is 17.1 Å². The number of aliphatic hydroxyl groups is 1. The molecule has 126 valence electrons. The summed E-state index contributed by atoms with van der Waals surface area (Å²) in [5.74, 6) is 1.28. The lowest BCUT2D eigenvalue weighted by molar-refractivity contribution is 0.0881. The van der Waals surface area contributed by atoms with E-state index in [1.807, 2.05) is 39.8 Å². The minimum atomic E-state index is -0.491. The maximum Gasteiger partial charge on any atom is 0.336 e. The van der Waals surface area contributed by atoms with Crippen LogP contribution in [0.2, 0.25) is 0 Å². The summed E-state index contributed by atoms with van der Waals surface area (Å²) in [5, 5.41) is 10.5. The van der Waals surface area contributed by atoms with E-state index in [-0.39, 0.29) is 6.61 Å². The Bertz CT molecular complexity index is 933. The van der Waals surface area contributed by atoms with Gasteiger partial charge in [0.25, 0.3) is 0 Å². The summed E-state index contributed by atoms with van der Waals surface area (Å²) in [6, 6.07) is 3.13. The summed E-state index contributed by atoms with van der Waals surface area (Å²) in [7, 11) is 0. The van der Waals surface area contributed by atoms with Crippen molar-refractivity contribution in [2.45, 2.75) is 44.8 Å². The molecule has 2 aromatic rings. The van der Waals surface area contributed by atoms with Gasteiger partial charge in [-0.25, -0.2) is 4.79 Å². The molecule has 0 fully saturated rings. The number of hydrogen-bond acceptors (Lipinski definition) is 5. The summed E-state index contributed by atoms with van der Waals surface area (Å²) < 4.78 is 17.7. The summed E-state index contributed by atoms with van der Waals surface area (Å²) in [5.41, 5.74) is 0.738. The van der Waals surface area contributed by atoms with Gasteiger partial charge in [0.05, 0.1) is 17.6 Å². The van der Waals surface area contributed by atoms with Gasteiger partial charge in [-0.2, -0.15) is 0 Å². The van der Waals surface area contributed by atoms with Crippen LogP contribution >= 0.6 is 0 Å². The molecule has 0 bridgehead atoms. The van der Waals surface area contributed by atoms with Crippen molar-refractivity contribution in [3.63, 3.8) is 0 Å². The van der Waals surface area contributed by atoms with Crippen LogP contribution in [-0.2, 0) is 5.41 Å². The van der Waals surface area contributed by atoms with Gasteiger partial charge in [-0.1, -0.05) is 13.8 Å². The standard InChI is InChI=1S/C19H20O5/c1-18(2)8-7-11-15(24-18)10-5-6-13(21)23-17(10)14-16(11)22-12(9-20)19(14,3)4/h5-8,12,20H,9H2,1-4H3. The van der Waals surface area contributed by atoms with E-state index in [0.717, 1.165) is 16.5 Å². The third-order valence-corrected chi connectivity index (χ3v) is 4.91. The minimum Gasteiger partial charge on any atom is -0.486 e. The van der Waals surface area contributed by atoms with Crippen LogP contribution in [0.1, 0.15) is 38.8 Å². The normalized spacial score (nSPS) is 22.6. The van der Waals surface area contributed by atoms with Gasteiger partial charge >= 0.3 is 5.63 Å². The topological polar surface area (TPSA) is 68.9 Å². The van der Waals surface area contributed by atoms with E-state index < -0.39 is 22.7 Å². The predicted octanol–water partition coefficient (Wildman–Crippen LogP) is 3.01. The van der Waals surface area contributed by atoms with E-state index in [2.05, 4.69) is 0 Å². The largest absolute Gasteiger partial charge is 0.486 e. The Morgan fingerprint density at radius 2 is 1.92 bits per heavy atom. The van der Waals surface area contributed by atoms with Gasteiger partial charge in [0.15, 0.2) is 0 Å². The van der Waals surface area contributed by atoms with Crippen molar-refractivity contribution in [2.24, 2.45) is 0 Å². The van der Waals surface area contributed by atoms with Gasteiger partial charge in [0, 0.05) is 17.0 Å². The second kappa shape index (κ2) is 4.63. The predicted molar refractivity (Wildman–Crippen MR) is 90.8 cm³/mol. The highest BCUT2D eigenvalue weighted by Gasteiger charge is 2.46. The number of rotatable bonds is 1. The zero-order chi connectivity index (χ0) is 17.3. The first-order valence-corrected chi connectivity index (χ1v) is 8.04. The number of hydrogen-bond donors (Lipinski definition) is 1. The van der Waals surface area contributed by atoms with Gasteiger partial charge < -0.3 is 19.0 Å². The van der Waals surface area contributed by atoms with Gasteiger partial charge in [0.2, 0.25) is 0 Å². The first-order valence-electron chi connectivity index (χ1n) is 8.04. The fourth-order valence-corrected chi connectivity index (χ4v) is 3.53. The molecule has 1 aromatic carbocycles. The molecular formula is C19H20O5. The molecule has 2 aliphatic heterocycles. The fraction of sp³-hybridized carbons (Fsp3) is 0.421. The average molecular weight is 328 g/mol. The van der Waals surface area contributed by atoms with Gasteiger partial charge in [-0.05, 0) is 32.1 Å². The first-order chi connectivity index (χ1) is 11.2. The smallest absolute Gasteiger partial charge is 0.336 e. The second-order valence-corrected chi connectivity index (χ2v) is 7.49. The molecule has 5 nitrogen and oxygen atoms in total. The molecule has 3 heterocycles. The molecule has 4 rings (SSSR count).